The van der Waals surface area contributed by atoms with E-state index in [2.05, 4.69) is 4.84 Å². The molecule has 0 saturated heterocycles. The van der Waals surface area contributed by atoms with Gasteiger partial charge in [-0.05, 0) is 12.1 Å². The molecule has 0 fully saturated rings. The predicted octanol–water partition coefficient (Wildman–Crippen LogP) is -0.530. The molecule has 0 aliphatic carbocycles. The van der Waals surface area contributed by atoms with Gasteiger partial charge < -0.3 is 10.5 Å². The average molecular weight is 249 g/mol. The summed E-state index contributed by atoms with van der Waals surface area (Å²) in [5, 5.41) is 8.78. The maximum atomic E-state index is 11.2. The Kier molecular flexibility index (Phi) is 5.15. The molecule has 0 aromatic heterocycles. The molecule has 0 aliphatic heterocycles. The second-order valence-corrected chi connectivity index (χ2v) is 3.18. The van der Waals surface area contributed by atoms with Gasteiger partial charge in [-0.3, -0.25) is 14.4 Å². The zero-order chi connectivity index (χ0) is 13.4. The zero-order valence-electron chi connectivity index (χ0n) is 9.38. The fourth-order valence-corrected chi connectivity index (χ4v) is 1.05. The third-order valence-electron chi connectivity index (χ3n) is 1.77. The number of benzene rings is 1. The number of amides is 2. The minimum Gasteiger partial charge on any atom is -0.482 e. The van der Waals surface area contributed by atoms with Crippen LogP contribution >= 0.6 is 0 Å². The third kappa shape index (κ3) is 4.51. The first kappa shape index (κ1) is 13.5. The summed E-state index contributed by atoms with van der Waals surface area (Å²) in [5.41, 5.74) is 7.10. The molecule has 18 heavy (non-hydrogen) atoms. The van der Waals surface area contributed by atoms with E-state index in [0.717, 1.165) is 0 Å². The van der Waals surface area contributed by atoms with Crippen molar-refractivity contribution in [2.75, 3.05) is 13.2 Å². The van der Waals surface area contributed by atoms with Gasteiger partial charge in [0.2, 0.25) is 5.91 Å². The molecule has 1 aromatic carbocycles. The highest BCUT2D eigenvalue weighted by molar-refractivity contribution is 5.77. The van der Waals surface area contributed by atoms with Gasteiger partial charge in [-0.2, -0.15) is 5.26 Å². The summed E-state index contributed by atoms with van der Waals surface area (Å²) in [6.45, 7) is -0.752. The van der Waals surface area contributed by atoms with E-state index in [0.29, 0.717) is 11.3 Å². The van der Waals surface area contributed by atoms with Gasteiger partial charge in [-0.1, -0.05) is 12.1 Å². The molecule has 0 radical (unpaired) electrons. The van der Waals surface area contributed by atoms with Gasteiger partial charge in [0.05, 0.1) is 5.56 Å². The molecule has 0 spiro atoms. The van der Waals surface area contributed by atoms with Gasteiger partial charge in [0.1, 0.15) is 11.8 Å². The van der Waals surface area contributed by atoms with Crippen molar-refractivity contribution in [1.29, 1.82) is 5.26 Å². The van der Waals surface area contributed by atoms with Crippen molar-refractivity contribution in [2.24, 2.45) is 5.73 Å². The molecule has 0 bridgehead atoms. The summed E-state index contributed by atoms with van der Waals surface area (Å²) in [6, 6.07) is 8.42. The van der Waals surface area contributed by atoms with E-state index in [9.17, 15) is 9.59 Å². The van der Waals surface area contributed by atoms with Crippen LogP contribution in [0.15, 0.2) is 24.3 Å². The maximum absolute atomic E-state index is 11.2. The lowest BCUT2D eigenvalue weighted by molar-refractivity contribution is -0.139. The van der Waals surface area contributed by atoms with Crippen LogP contribution in [-0.4, -0.2) is 25.0 Å². The Morgan fingerprint density at radius 3 is 2.72 bits per heavy atom. The number of nitrogens with one attached hydrogen (secondary N) is 1. The molecular weight excluding hydrogens is 238 g/mol. The number of nitrogens with two attached hydrogens (primary N) is 1. The highest BCUT2D eigenvalue weighted by atomic mass is 16.7. The lowest BCUT2D eigenvalue weighted by Crippen LogP contribution is -2.32. The van der Waals surface area contributed by atoms with E-state index in [4.69, 9.17) is 15.7 Å². The summed E-state index contributed by atoms with van der Waals surface area (Å²) in [5.74, 6) is -1.000. The smallest absolute Gasteiger partial charge is 0.281 e. The summed E-state index contributed by atoms with van der Waals surface area (Å²) in [4.78, 5) is 26.0. The number of nitrogens with zero attached hydrogens (tertiary/aromatic N) is 1. The molecule has 0 saturated carbocycles. The largest absolute Gasteiger partial charge is 0.482 e. The lowest BCUT2D eigenvalue weighted by atomic mass is 10.2. The van der Waals surface area contributed by atoms with Crippen molar-refractivity contribution in [3.8, 4) is 11.8 Å². The van der Waals surface area contributed by atoms with E-state index in [-0.39, 0.29) is 6.61 Å². The van der Waals surface area contributed by atoms with Crippen LogP contribution in [0.5, 0.6) is 5.75 Å². The second-order valence-electron chi connectivity index (χ2n) is 3.18. The molecule has 0 unspecified atom stereocenters. The second kappa shape index (κ2) is 6.88. The Balaban J connectivity index is 2.38. The van der Waals surface area contributed by atoms with Crippen molar-refractivity contribution < 1.29 is 19.2 Å². The van der Waals surface area contributed by atoms with Crippen LogP contribution in [0.2, 0.25) is 0 Å². The number of primary amides is 1. The fraction of sp³-hybridized carbons (Fsp3) is 0.182. The maximum Gasteiger partial charge on any atom is 0.281 e. The minimum atomic E-state index is -0.703. The normalized spacial score (nSPS) is 9.28. The minimum absolute atomic E-state index is 0.296. The van der Waals surface area contributed by atoms with Crippen molar-refractivity contribution in [2.45, 2.75) is 0 Å². The van der Waals surface area contributed by atoms with E-state index >= 15 is 0 Å². The van der Waals surface area contributed by atoms with Crippen LogP contribution in [0.3, 0.4) is 0 Å². The summed E-state index contributed by atoms with van der Waals surface area (Å²) >= 11 is 0. The molecule has 1 aromatic rings. The molecule has 7 heteroatoms. The highest BCUT2D eigenvalue weighted by Gasteiger charge is 2.06. The SMILES string of the molecule is N#Cc1ccccc1OCC(=O)NOCC(N)=O. The first-order chi connectivity index (χ1) is 8.63. The van der Waals surface area contributed by atoms with Crippen LogP contribution in [0.25, 0.3) is 0 Å². The number of nitriles is 1. The van der Waals surface area contributed by atoms with Crippen LogP contribution in [0.4, 0.5) is 0 Å². The highest BCUT2D eigenvalue weighted by Crippen LogP contribution is 2.15. The van der Waals surface area contributed by atoms with Crippen molar-refractivity contribution in [1.82, 2.24) is 5.48 Å². The van der Waals surface area contributed by atoms with Crippen molar-refractivity contribution in [3.63, 3.8) is 0 Å². The lowest BCUT2D eigenvalue weighted by Gasteiger charge is -2.07. The quantitative estimate of drug-likeness (QED) is 0.658. The Hall–Kier alpha value is -2.59. The Bertz CT molecular complexity index is 481. The van der Waals surface area contributed by atoms with E-state index in [1.165, 1.54) is 0 Å². The predicted molar refractivity (Wildman–Crippen MR) is 59.9 cm³/mol. The van der Waals surface area contributed by atoms with Gasteiger partial charge in [0.15, 0.2) is 13.2 Å². The Morgan fingerprint density at radius 2 is 2.06 bits per heavy atom. The van der Waals surface area contributed by atoms with Gasteiger partial charge in [-0.25, -0.2) is 5.48 Å². The van der Waals surface area contributed by atoms with Crippen LogP contribution in [0.1, 0.15) is 5.56 Å². The summed E-state index contributed by atoms with van der Waals surface area (Å²) < 4.78 is 5.12. The van der Waals surface area contributed by atoms with Crippen LogP contribution in [-0.2, 0) is 14.4 Å². The first-order valence-corrected chi connectivity index (χ1v) is 4.94. The molecule has 0 atom stereocenters. The number of hydrogen-bond donors (Lipinski definition) is 2. The number of hydrogen-bond acceptors (Lipinski definition) is 5. The first-order valence-electron chi connectivity index (χ1n) is 4.94. The molecular formula is C11H11N3O4. The topological polar surface area (TPSA) is 114 Å². The van der Waals surface area contributed by atoms with Crippen LogP contribution in [0, 0.1) is 11.3 Å². The molecule has 1 rings (SSSR count). The van der Waals surface area contributed by atoms with E-state index in [1.54, 1.807) is 24.3 Å². The number of rotatable bonds is 6. The molecule has 3 N–H and O–H groups in total. The Labute approximate surface area is 103 Å². The molecule has 94 valence electrons. The van der Waals surface area contributed by atoms with Gasteiger partial charge >= 0.3 is 0 Å². The van der Waals surface area contributed by atoms with E-state index < -0.39 is 18.4 Å². The van der Waals surface area contributed by atoms with Crippen molar-refractivity contribution in [3.05, 3.63) is 29.8 Å². The number of hydroxylamine groups is 1. The number of ether oxygens (including phenoxy) is 1. The average Bonchev–Trinajstić information content (AvgIpc) is 2.36. The number of carbonyl (C=O) groups excluding carboxylic acids is 2. The molecule has 0 heterocycles. The zero-order valence-corrected chi connectivity index (χ0v) is 9.38. The Morgan fingerprint density at radius 1 is 1.33 bits per heavy atom. The molecule has 0 aliphatic rings. The molecule has 7 nitrogen and oxygen atoms in total. The number of para-hydroxylation sites is 1. The summed E-state index contributed by atoms with van der Waals surface area (Å²) in [7, 11) is 0. The monoisotopic (exact) mass is 249 g/mol. The third-order valence-corrected chi connectivity index (χ3v) is 1.77. The van der Waals surface area contributed by atoms with Crippen LogP contribution < -0.4 is 16.0 Å². The van der Waals surface area contributed by atoms with E-state index in [1.807, 2.05) is 11.5 Å². The fourth-order valence-electron chi connectivity index (χ4n) is 1.05. The van der Waals surface area contributed by atoms with Gasteiger partial charge in [0, 0.05) is 0 Å². The van der Waals surface area contributed by atoms with Crippen molar-refractivity contribution >= 4 is 11.8 Å². The molecule has 2 amide bonds. The summed E-state index contributed by atoms with van der Waals surface area (Å²) in [6.07, 6.45) is 0. The van der Waals surface area contributed by atoms with Gasteiger partial charge in [-0.15, -0.1) is 0 Å². The number of carbonyl (C=O) groups is 2. The van der Waals surface area contributed by atoms with Gasteiger partial charge in [0.25, 0.3) is 5.91 Å². The standard InChI is InChI=1S/C11H11N3O4/c12-5-8-3-1-2-4-9(8)17-7-11(16)14-18-6-10(13)15/h1-4H,6-7H2,(H2,13,15)(H,14,16).